The Kier molecular flexibility index (Phi) is 7.17. The Labute approximate surface area is 126 Å². The van der Waals surface area contributed by atoms with Gasteiger partial charge in [-0.05, 0) is 12.1 Å². The van der Waals surface area contributed by atoms with Crippen LogP contribution in [0.1, 0.15) is 10.4 Å². The number of carbonyl (C=O) groups excluding carboxylic acids is 3. The zero-order chi connectivity index (χ0) is 16.5. The monoisotopic (exact) mass is 311 g/mol. The molecular weight excluding hydrogens is 294 g/mol. The fraction of sp³-hybridized carbons (Fsp3) is 0.357. The minimum atomic E-state index is -1.75. The SMILES string of the molecule is O=C[C@@H](OC(=O)CNC(=O)c1ccccc1)[C@H](O)[C@H](O)CO. The van der Waals surface area contributed by atoms with Gasteiger partial charge in [0.25, 0.3) is 5.91 Å². The highest BCUT2D eigenvalue weighted by atomic mass is 16.6. The van der Waals surface area contributed by atoms with E-state index >= 15 is 0 Å². The number of rotatable bonds is 8. The van der Waals surface area contributed by atoms with Gasteiger partial charge < -0.3 is 25.4 Å². The van der Waals surface area contributed by atoms with Crippen molar-refractivity contribution in [1.29, 1.82) is 0 Å². The Morgan fingerprint density at radius 1 is 1.23 bits per heavy atom. The lowest BCUT2D eigenvalue weighted by atomic mass is 10.1. The summed E-state index contributed by atoms with van der Waals surface area (Å²) in [7, 11) is 0. The summed E-state index contributed by atoms with van der Waals surface area (Å²) in [4.78, 5) is 33.9. The van der Waals surface area contributed by atoms with E-state index in [2.05, 4.69) is 10.1 Å². The lowest BCUT2D eigenvalue weighted by Crippen LogP contribution is -2.44. The third kappa shape index (κ3) is 5.24. The average Bonchev–Trinajstić information content (AvgIpc) is 2.56. The van der Waals surface area contributed by atoms with Gasteiger partial charge in [-0.25, -0.2) is 0 Å². The molecule has 0 aliphatic carbocycles. The molecule has 0 aliphatic rings. The number of esters is 1. The molecule has 120 valence electrons. The van der Waals surface area contributed by atoms with Crippen LogP contribution in [0.3, 0.4) is 0 Å². The molecule has 1 rings (SSSR count). The van der Waals surface area contributed by atoms with E-state index in [1.165, 1.54) is 0 Å². The largest absolute Gasteiger partial charge is 0.450 e. The molecule has 0 heterocycles. The van der Waals surface area contributed by atoms with Gasteiger partial charge in [-0.1, -0.05) is 18.2 Å². The highest BCUT2D eigenvalue weighted by Crippen LogP contribution is 2.03. The van der Waals surface area contributed by atoms with Gasteiger partial charge in [0.15, 0.2) is 12.4 Å². The average molecular weight is 311 g/mol. The number of amides is 1. The number of aliphatic hydroxyl groups excluding tert-OH is 3. The summed E-state index contributed by atoms with van der Waals surface area (Å²) in [5.41, 5.74) is 0.345. The van der Waals surface area contributed by atoms with Crippen molar-refractivity contribution in [1.82, 2.24) is 5.32 Å². The summed E-state index contributed by atoms with van der Waals surface area (Å²) in [6.45, 7) is -1.31. The van der Waals surface area contributed by atoms with Crippen LogP contribution in [-0.2, 0) is 14.3 Å². The molecule has 0 bridgehead atoms. The predicted molar refractivity (Wildman–Crippen MR) is 73.8 cm³/mol. The van der Waals surface area contributed by atoms with Crippen LogP contribution in [-0.4, -0.2) is 64.9 Å². The highest BCUT2D eigenvalue weighted by molar-refractivity contribution is 5.95. The van der Waals surface area contributed by atoms with Crippen LogP contribution in [0.15, 0.2) is 30.3 Å². The number of carbonyl (C=O) groups is 3. The number of nitrogens with one attached hydrogen (secondary N) is 1. The molecule has 4 N–H and O–H groups in total. The van der Waals surface area contributed by atoms with Gasteiger partial charge in [-0.2, -0.15) is 0 Å². The molecule has 8 heteroatoms. The van der Waals surface area contributed by atoms with Gasteiger partial charge in [0.1, 0.15) is 18.8 Å². The Hall–Kier alpha value is -2.29. The molecule has 0 saturated heterocycles. The molecule has 22 heavy (non-hydrogen) atoms. The number of hydrogen-bond acceptors (Lipinski definition) is 7. The van der Waals surface area contributed by atoms with Gasteiger partial charge in [-0.15, -0.1) is 0 Å². The quantitative estimate of drug-likeness (QED) is 0.330. The molecule has 3 atom stereocenters. The summed E-state index contributed by atoms with van der Waals surface area (Å²) in [6, 6.07) is 8.14. The molecule has 1 aromatic carbocycles. The minimum Gasteiger partial charge on any atom is -0.450 e. The highest BCUT2D eigenvalue weighted by Gasteiger charge is 2.28. The topological polar surface area (TPSA) is 133 Å². The van der Waals surface area contributed by atoms with Crippen molar-refractivity contribution in [3.63, 3.8) is 0 Å². The van der Waals surface area contributed by atoms with Crippen LogP contribution in [0.4, 0.5) is 0 Å². The molecular formula is C14H17NO7. The Balaban J connectivity index is 2.48. The molecule has 0 unspecified atom stereocenters. The summed E-state index contributed by atoms with van der Waals surface area (Å²) < 4.78 is 4.63. The van der Waals surface area contributed by atoms with Crippen molar-refractivity contribution in [3.05, 3.63) is 35.9 Å². The second-order valence-electron chi connectivity index (χ2n) is 4.38. The van der Waals surface area contributed by atoms with Gasteiger partial charge in [0.05, 0.1) is 6.61 Å². The lowest BCUT2D eigenvalue weighted by Gasteiger charge is -2.21. The van der Waals surface area contributed by atoms with Crippen molar-refractivity contribution in [2.45, 2.75) is 18.3 Å². The number of hydrogen-bond donors (Lipinski definition) is 4. The molecule has 1 amide bonds. The molecule has 0 spiro atoms. The lowest BCUT2D eigenvalue weighted by molar-refractivity contribution is -0.162. The summed E-state index contributed by atoms with van der Waals surface area (Å²) in [5.74, 6) is -1.47. The van der Waals surface area contributed by atoms with Gasteiger partial charge in [0.2, 0.25) is 0 Å². The molecule has 0 saturated carbocycles. The Morgan fingerprint density at radius 2 is 1.86 bits per heavy atom. The maximum absolute atomic E-state index is 11.7. The Bertz CT molecular complexity index is 505. The number of benzene rings is 1. The molecule has 0 aliphatic heterocycles. The standard InChI is InChI=1S/C14H17NO7/c16-7-10(18)13(20)11(8-17)22-12(19)6-15-14(21)9-4-2-1-3-5-9/h1-5,8,10-11,13,16,18,20H,6-7H2,(H,15,21)/t10-,11-,13-/m1/s1. The summed E-state index contributed by atoms with van der Waals surface area (Å²) in [5, 5.41) is 29.6. The third-order valence-electron chi connectivity index (χ3n) is 2.75. The molecule has 0 aromatic heterocycles. The maximum Gasteiger partial charge on any atom is 0.326 e. The van der Waals surface area contributed by atoms with Crippen molar-refractivity contribution in [2.75, 3.05) is 13.2 Å². The van der Waals surface area contributed by atoms with Crippen LogP contribution in [0.2, 0.25) is 0 Å². The van der Waals surface area contributed by atoms with E-state index in [4.69, 9.17) is 5.11 Å². The molecule has 0 fully saturated rings. The van der Waals surface area contributed by atoms with E-state index in [0.29, 0.717) is 5.56 Å². The molecule has 0 radical (unpaired) electrons. The number of ether oxygens (including phenoxy) is 1. The second-order valence-corrected chi connectivity index (χ2v) is 4.38. The van der Waals surface area contributed by atoms with Crippen LogP contribution in [0.25, 0.3) is 0 Å². The normalized spacial score (nSPS) is 14.5. The van der Waals surface area contributed by atoms with Crippen molar-refractivity contribution < 1.29 is 34.4 Å². The Morgan fingerprint density at radius 3 is 2.41 bits per heavy atom. The predicted octanol–water partition coefficient (Wildman–Crippen LogP) is -1.76. The van der Waals surface area contributed by atoms with Crippen LogP contribution in [0.5, 0.6) is 0 Å². The van der Waals surface area contributed by atoms with Crippen molar-refractivity contribution >= 4 is 18.2 Å². The third-order valence-corrected chi connectivity index (χ3v) is 2.75. The number of aliphatic hydroxyl groups is 3. The van der Waals surface area contributed by atoms with Gasteiger partial charge in [0, 0.05) is 5.56 Å². The minimum absolute atomic E-state index is 0.125. The van der Waals surface area contributed by atoms with Crippen LogP contribution < -0.4 is 5.32 Å². The van der Waals surface area contributed by atoms with Crippen molar-refractivity contribution in [3.8, 4) is 0 Å². The van der Waals surface area contributed by atoms with E-state index in [-0.39, 0.29) is 6.29 Å². The molecule has 1 aromatic rings. The summed E-state index contributed by atoms with van der Waals surface area (Å²) in [6.07, 6.45) is -4.89. The van der Waals surface area contributed by atoms with E-state index in [9.17, 15) is 24.6 Å². The zero-order valence-corrected chi connectivity index (χ0v) is 11.6. The van der Waals surface area contributed by atoms with E-state index < -0.39 is 43.3 Å². The first-order valence-electron chi connectivity index (χ1n) is 6.44. The van der Waals surface area contributed by atoms with E-state index in [1.54, 1.807) is 30.3 Å². The van der Waals surface area contributed by atoms with E-state index in [0.717, 1.165) is 0 Å². The van der Waals surface area contributed by atoms with Crippen molar-refractivity contribution in [2.24, 2.45) is 0 Å². The second kappa shape index (κ2) is 8.88. The first-order chi connectivity index (χ1) is 10.5. The summed E-state index contributed by atoms with van der Waals surface area (Å²) >= 11 is 0. The van der Waals surface area contributed by atoms with E-state index in [1.807, 2.05) is 0 Å². The first-order valence-corrected chi connectivity index (χ1v) is 6.44. The zero-order valence-electron chi connectivity index (χ0n) is 11.6. The maximum atomic E-state index is 11.7. The fourth-order valence-electron chi connectivity index (χ4n) is 1.54. The van der Waals surface area contributed by atoms with Crippen LogP contribution >= 0.6 is 0 Å². The number of aldehydes is 1. The fourth-order valence-corrected chi connectivity index (χ4v) is 1.54. The van der Waals surface area contributed by atoms with Gasteiger partial charge in [-0.3, -0.25) is 14.4 Å². The smallest absolute Gasteiger partial charge is 0.326 e. The molecule has 8 nitrogen and oxygen atoms in total. The first kappa shape index (κ1) is 17.8. The van der Waals surface area contributed by atoms with Gasteiger partial charge >= 0.3 is 5.97 Å². The van der Waals surface area contributed by atoms with Crippen LogP contribution in [0, 0.1) is 0 Å².